The van der Waals surface area contributed by atoms with E-state index in [-0.39, 0.29) is 0 Å². The number of halogens is 6. The van der Waals surface area contributed by atoms with E-state index in [9.17, 15) is 26.7 Å². The SMILES string of the molecule is CC(=O)c1cc(C(F)F)c(Br)c(C(F)(F)F)c1. The maximum Gasteiger partial charge on any atom is 0.417 e. The monoisotopic (exact) mass is 316 g/mol. The molecule has 0 aliphatic rings. The zero-order chi connectivity index (χ0) is 13.4. The molecule has 1 nitrogen and oxygen atoms in total. The van der Waals surface area contributed by atoms with Crippen LogP contribution in [-0.4, -0.2) is 5.78 Å². The van der Waals surface area contributed by atoms with E-state index in [4.69, 9.17) is 0 Å². The quantitative estimate of drug-likeness (QED) is 0.575. The van der Waals surface area contributed by atoms with Gasteiger partial charge in [-0.3, -0.25) is 4.79 Å². The average molecular weight is 317 g/mol. The van der Waals surface area contributed by atoms with E-state index in [1.807, 2.05) is 0 Å². The van der Waals surface area contributed by atoms with Crippen molar-refractivity contribution in [1.29, 1.82) is 0 Å². The highest BCUT2D eigenvalue weighted by Crippen LogP contribution is 2.40. The molecule has 7 heteroatoms. The van der Waals surface area contributed by atoms with Crippen molar-refractivity contribution in [3.8, 4) is 0 Å². The first-order valence-corrected chi connectivity index (χ1v) is 5.13. The van der Waals surface area contributed by atoms with Crippen LogP contribution in [0, 0.1) is 0 Å². The number of Topliss-reactive ketones (excluding diaryl/α,β-unsaturated/α-hetero) is 1. The summed E-state index contributed by atoms with van der Waals surface area (Å²) >= 11 is 2.49. The molecule has 1 rings (SSSR count). The molecule has 0 heterocycles. The minimum atomic E-state index is -4.80. The lowest BCUT2D eigenvalue weighted by Gasteiger charge is -2.14. The van der Waals surface area contributed by atoms with Crippen molar-refractivity contribution >= 4 is 21.7 Å². The highest BCUT2D eigenvalue weighted by Gasteiger charge is 2.35. The summed E-state index contributed by atoms with van der Waals surface area (Å²) in [4.78, 5) is 11.0. The minimum absolute atomic E-state index is 0.393. The number of alkyl halides is 5. The first-order chi connectivity index (χ1) is 7.64. The number of benzene rings is 1. The van der Waals surface area contributed by atoms with Crippen LogP contribution >= 0.6 is 15.9 Å². The summed E-state index contributed by atoms with van der Waals surface area (Å²) in [7, 11) is 0. The van der Waals surface area contributed by atoms with Crippen molar-refractivity contribution in [3.63, 3.8) is 0 Å². The van der Waals surface area contributed by atoms with Crippen molar-refractivity contribution in [1.82, 2.24) is 0 Å². The standard InChI is InChI=1S/C10H6BrF5O/c1-4(17)5-2-6(9(12)13)8(11)7(3-5)10(14,15)16/h2-3,9H,1H3. The second-order valence-electron chi connectivity index (χ2n) is 3.28. The summed E-state index contributed by atoms with van der Waals surface area (Å²) in [6.07, 6.45) is -7.89. The van der Waals surface area contributed by atoms with Gasteiger partial charge in [0.1, 0.15) is 0 Å². The number of hydrogen-bond donors (Lipinski definition) is 0. The zero-order valence-corrected chi connectivity index (χ0v) is 9.99. The lowest BCUT2D eigenvalue weighted by atomic mass is 10.0. The highest BCUT2D eigenvalue weighted by atomic mass is 79.9. The summed E-state index contributed by atoms with van der Waals surface area (Å²) in [5.74, 6) is -0.704. The predicted octanol–water partition coefficient (Wildman–Crippen LogP) is 4.61. The summed E-state index contributed by atoms with van der Waals surface area (Å²) < 4.78 is 62.0. The Balaban J connectivity index is 3.55. The maximum atomic E-state index is 12.5. The number of hydrogen-bond acceptors (Lipinski definition) is 1. The molecular formula is C10H6BrF5O. The zero-order valence-electron chi connectivity index (χ0n) is 8.41. The second kappa shape index (κ2) is 4.72. The van der Waals surface area contributed by atoms with Gasteiger partial charge in [0, 0.05) is 15.6 Å². The summed E-state index contributed by atoms with van der Waals surface area (Å²) in [5, 5.41) is 0. The van der Waals surface area contributed by atoms with Crippen LogP contribution in [-0.2, 0) is 6.18 Å². The molecule has 0 amide bonds. The normalized spacial score (nSPS) is 12.0. The molecule has 0 fully saturated rings. The number of ketones is 1. The van der Waals surface area contributed by atoms with Gasteiger partial charge >= 0.3 is 6.18 Å². The van der Waals surface area contributed by atoms with Crippen molar-refractivity contribution < 1.29 is 26.7 Å². The number of carbonyl (C=O) groups excluding carboxylic acids is 1. The van der Waals surface area contributed by atoms with Gasteiger partial charge in [-0.2, -0.15) is 13.2 Å². The lowest BCUT2D eigenvalue weighted by molar-refractivity contribution is -0.138. The molecule has 0 N–H and O–H groups in total. The molecule has 0 atom stereocenters. The fraction of sp³-hybridized carbons (Fsp3) is 0.300. The topological polar surface area (TPSA) is 17.1 Å². The minimum Gasteiger partial charge on any atom is -0.295 e. The van der Waals surface area contributed by atoms with E-state index >= 15 is 0 Å². The fourth-order valence-corrected chi connectivity index (χ4v) is 1.84. The Morgan fingerprint density at radius 2 is 1.82 bits per heavy atom. The van der Waals surface area contributed by atoms with Gasteiger partial charge in [-0.15, -0.1) is 0 Å². The first kappa shape index (κ1) is 14.1. The van der Waals surface area contributed by atoms with E-state index in [0.29, 0.717) is 6.07 Å². The number of rotatable bonds is 2. The maximum absolute atomic E-state index is 12.5. The van der Waals surface area contributed by atoms with Crippen LogP contribution in [0.3, 0.4) is 0 Å². The van der Waals surface area contributed by atoms with Gasteiger partial charge in [0.05, 0.1) is 5.56 Å². The third kappa shape index (κ3) is 3.02. The van der Waals surface area contributed by atoms with Gasteiger partial charge in [-0.25, -0.2) is 8.78 Å². The average Bonchev–Trinajstić information content (AvgIpc) is 2.15. The molecule has 1 aromatic carbocycles. The Kier molecular flexibility index (Phi) is 3.91. The van der Waals surface area contributed by atoms with Crippen molar-refractivity contribution in [2.45, 2.75) is 19.5 Å². The van der Waals surface area contributed by atoms with Crippen LogP contribution in [0.1, 0.15) is 34.8 Å². The molecule has 0 saturated carbocycles. The molecule has 0 aliphatic carbocycles. The predicted molar refractivity (Wildman–Crippen MR) is 54.1 cm³/mol. The van der Waals surface area contributed by atoms with Crippen molar-refractivity contribution in [3.05, 3.63) is 33.3 Å². The van der Waals surface area contributed by atoms with Gasteiger partial charge < -0.3 is 0 Å². The van der Waals surface area contributed by atoms with Crippen LogP contribution in [0.15, 0.2) is 16.6 Å². The largest absolute Gasteiger partial charge is 0.417 e. The summed E-state index contributed by atoms with van der Waals surface area (Å²) in [5.41, 5.74) is -2.51. The molecule has 0 aromatic heterocycles. The van der Waals surface area contributed by atoms with E-state index < -0.39 is 39.5 Å². The van der Waals surface area contributed by atoms with Gasteiger partial charge in [-0.05, 0) is 35.0 Å². The lowest BCUT2D eigenvalue weighted by Crippen LogP contribution is -2.10. The first-order valence-electron chi connectivity index (χ1n) is 4.34. The van der Waals surface area contributed by atoms with E-state index in [1.165, 1.54) is 0 Å². The summed E-state index contributed by atoms with van der Waals surface area (Å²) in [6.45, 7) is 1.01. The van der Waals surface area contributed by atoms with E-state index in [1.54, 1.807) is 0 Å². The van der Waals surface area contributed by atoms with Crippen LogP contribution in [0.2, 0.25) is 0 Å². The Labute approximate surface area is 102 Å². The fourth-order valence-electron chi connectivity index (χ4n) is 1.22. The van der Waals surface area contributed by atoms with Gasteiger partial charge in [-0.1, -0.05) is 0 Å². The molecule has 0 unspecified atom stereocenters. The highest BCUT2D eigenvalue weighted by molar-refractivity contribution is 9.10. The Bertz CT molecular complexity index is 453. The van der Waals surface area contributed by atoms with E-state index in [2.05, 4.69) is 15.9 Å². The number of carbonyl (C=O) groups is 1. The molecule has 0 bridgehead atoms. The van der Waals surface area contributed by atoms with Crippen molar-refractivity contribution in [2.75, 3.05) is 0 Å². The summed E-state index contributed by atoms with van der Waals surface area (Å²) in [6, 6.07) is 1.31. The van der Waals surface area contributed by atoms with Gasteiger partial charge in [0.2, 0.25) is 0 Å². The third-order valence-corrected chi connectivity index (χ3v) is 2.93. The molecule has 17 heavy (non-hydrogen) atoms. The van der Waals surface area contributed by atoms with Crippen LogP contribution in [0.5, 0.6) is 0 Å². The van der Waals surface area contributed by atoms with E-state index in [0.717, 1.165) is 13.0 Å². The Hall–Kier alpha value is -0.980. The molecular weight excluding hydrogens is 311 g/mol. The molecule has 0 spiro atoms. The Morgan fingerprint density at radius 3 is 2.18 bits per heavy atom. The van der Waals surface area contributed by atoms with Gasteiger partial charge in [0.15, 0.2) is 5.78 Å². The van der Waals surface area contributed by atoms with Crippen molar-refractivity contribution in [2.24, 2.45) is 0 Å². The second-order valence-corrected chi connectivity index (χ2v) is 4.07. The molecule has 0 aliphatic heterocycles. The Morgan fingerprint density at radius 1 is 1.29 bits per heavy atom. The third-order valence-electron chi connectivity index (χ3n) is 2.05. The van der Waals surface area contributed by atoms with Gasteiger partial charge in [0.25, 0.3) is 6.43 Å². The molecule has 94 valence electrons. The van der Waals surface area contributed by atoms with Crippen LogP contribution < -0.4 is 0 Å². The smallest absolute Gasteiger partial charge is 0.295 e. The van der Waals surface area contributed by atoms with Crippen LogP contribution in [0.25, 0.3) is 0 Å². The van der Waals surface area contributed by atoms with Crippen LogP contribution in [0.4, 0.5) is 22.0 Å². The molecule has 0 radical (unpaired) electrons. The molecule has 0 saturated heterocycles. The molecule has 1 aromatic rings.